The van der Waals surface area contributed by atoms with Gasteiger partial charge < -0.3 is 10.2 Å². The van der Waals surface area contributed by atoms with Gasteiger partial charge in [0.05, 0.1) is 0 Å². The van der Waals surface area contributed by atoms with Gasteiger partial charge in [0.25, 0.3) is 0 Å². The maximum atomic E-state index is 4.20. The van der Waals surface area contributed by atoms with Gasteiger partial charge in [0, 0.05) is 31.0 Å². The highest BCUT2D eigenvalue weighted by Crippen LogP contribution is 2.19. The van der Waals surface area contributed by atoms with Crippen LogP contribution in [0.2, 0.25) is 0 Å². The van der Waals surface area contributed by atoms with Crippen molar-refractivity contribution >= 4 is 0 Å². The first-order valence-corrected chi connectivity index (χ1v) is 7.02. The summed E-state index contributed by atoms with van der Waals surface area (Å²) in [5.41, 5.74) is 2.53. The van der Waals surface area contributed by atoms with Gasteiger partial charge in [-0.25, -0.2) is 0 Å². The monoisotopic (exact) mass is 269 g/mol. The van der Waals surface area contributed by atoms with Crippen molar-refractivity contribution in [3.05, 3.63) is 66.0 Å². The Morgan fingerprint density at radius 1 is 1.05 bits per heavy atom. The first kappa shape index (κ1) is 14.7. The Labute approximate surface area is 121 Å². The number of nitrogens with one attached hydrogen (secondary N) is 1. The summed E-state index contributed by atoms with van der Waals surface area (Å²) in [6.07, 6.45) is 3.74. The molecule has 0 spiro atoms. The second-order valence-corrected chi connectivity index (χ2v) is 5.40. The van der Waals surface area contributed by atoms with Crippen LogP contribution in [0.3, 0.4) is 0 Å². The number of benzene rings is 1. The van der Waals surface area contributed by atoms with Gasteiger partial charge >= 0.3 is 0 Å². The number of likely N-dealkylation sites (N-methyl/N-ethyl adjacent to an activating group) is 1. The van der Waals surface area contributed by atoms with Crippen molar-refractivity contribution < 1.29 is 0 Å². The van der Waals surface area contributed by atoms with Crippen LogP contribution in [0.15, 0.2) is 54.9 Å². The Balaban J connectivity index is 2.12. The van der Waals surface area contributed by atoms with Crippen LogP contribution in [0.4, 0.5) is 0 Å². The van der Waals surface area contributed by atoms with E-state index in [1.165, 1.54) is 11.1 Å². The molecule has 0 amide bonds. The fourth-order valence-corrected chi connectivity index (χ4v) is 2.33. The fraction of sp³-hybridized carbons (Fsp3) is 0.353. The molecular formula is C17H23N3. The lowest BCUT2D eigenvalue weighted by molar-refractivity contribution is 0.325. The first-order valence-electron chi connectivity index (χ1n) is 7.02. The topological polar surface area (TPSA) is 28.2 Å². The van der Waals surface area contributed by atoms with Gasteiger partial charge in [-0.15, -0.1) is 0 Å². The predicted molar refractivity (Wildman–Crippen MR) is 83.5 cm³/mol. The summed E-state index contributed by atoms with van der Waals surface area (Å²) < 4.78 is 0. The maximum Gasteiger partial charge on any atom is 0.0453 e. The van der Waals surface area contributed by atoms with Crippen molar-refractivity contribution in [2.45, 2.75) is 19.0 Å². The van der Waals surface area contributed by atoms with E-state index in [-0.39, 0.29) is 6.04 Å². The highest BCUT2D eigenvalue weighted by atomic mass is 15.1. The summed E-state index contributed by atoms with van der Waals surface area (Å²) in [5.74, 6) is 0. The van der Waals surface area contributed by atoms with E-state index in [0.29, 0.717) is 6.04 Å². The quantitative estimate of drug-likeness (QED) is 0.873. The molecule has 0 aliphatic rings. The number of hydrogen-bond donors (Lipinski definition) is 1. The second-order valence-electron chi connectivity index (χ2n) is 5.40. The first-order chi connectivity index (χ1) is 9.66. The van der Waals surface area contributed by atoms with Gasteiger partial charge in [0.1, 0.15) is 0 Å². The molecule has 0 saturated carbocycles. The van der Waals surface area contributed by atoms with Crippen molar-refractivity contribution in [1.29, 1.82) is 0 Å². The number of aromatic nitrogens is 1. The molecule has 0 bridgehead atoms. The normalized spacial score (nSPS) is 14.2. The van der Waals surface area contributed by atoms with Crippen LogP contribution in [-0.2, 0) is 0 Å². The maximum absolute atomic E-state index is 4.20. The summed E-state index contributed by atoms with van der Waals surface area (Å²) in [4.78, 5) is 6.41. The van der Waals surface area contributed by atoms with Gasteiger partial charge in [0.15, 0.2) is 0 Å². The number of hydrogen-bond acceptors (Lipinski definition) is 3. The third kappa shape index (κ3) is 4.15. The molecule has 2 rings (SSSR count). The molecule has 0 fully saturated rings. The molecule has 106 valence electrons. The summed E-state index contributed by atoms with van der Waals surface area (Å²) in [7, 11) is 4.21. The van der Waals surface area contributed by atoms with E-state index in [0.717, 1.165) is 6.54 Å². The molecule has 2 aromatic rings. The van der Waals surface area contributed by atoms with Crippen LogP contribution >= 0.6 is 0 Å². The lowest BCUT2D eigenvalue weighted by Crippen LogP contribution is -2.32. The van der Waals surface area contributed by atoms with Gasteiger partial charge in [-0.2, -0.15) is 0 Å². The zero-order chi connectivity index (χ0) is 14.4. The molecule has 2 unspecified atom stereocenters. The predicted octanol–water partition coefficient (Wildman–Crippen LogP) is 3.04. The van der Waals surface area contributed by atoms with Crippen molar-refractivity contribution in [1.82, 2.24) is 15.2 Å². The second kappa shape index (κ2) is 7.17. The van der Waals surface area contributed by atoms with E-state index in [9.17, 15) is 0 Å². The Hall–Kier alpha value is -1.71. The number of pyridine rings is 1. The van der Waals surface area contributed by atoms with E-state index >= 15 is 0 Å². The van der Waals surface area contributed by atoms with Crippen LogP contribution < -0.4 is 5.32 Å². The minimum Gasteiger partial charge on any atom is -0.308 e. The molecule has 0 aliphatic carbocycles. The van der Waals surface area contributed by atoms with Gasteiger partial charge in [-0.05, 0) is 38.2 Å². The van der Waals surface area contributed by atoms with Crippen molar-refractivity contribution in [3.63, 3.8) is 0 Å². The highest BCUT2D eigenvalue weighted by molar-refractivity contribution is 5.21. The van der Waals surface area contributed by atoms with E-state index in [1.54, 1.807) is 0 Å². The molecule has 1 aromatic heterocycles. The average Bonchev–Trinajstić information content (AvgIpc) is 2.48. The molecule has 2 atom stereocenters. The minimum absolute atomic E-state index is 0.272. The largest absolute Gasteiger partial charge is 0.308 e. The van der Waals surface area contributed by atoms with E-state index in [1.807, 2.05) is 18.5 Å². The molecule has 3 heteroatoms. The summed E-state index contributed by atoms with van der Waals surface area (Å²) in [6, 6.07) is 15.3. The Morgan fingerprint density at radius 2 is 1.75 bits per heavy atom. The van der Waals surface area contributed by atoms with E-state index in [4.69, 9.17) is 0 Å². The molecular weight excluding hydrogens is 246 g/mol. The average molecular weight is 269 g/mol. The minimum atomic E-state index is 0.272. The third-order valence-corrected chi connectivity index (χ3v) is 3.39. The Kier molecular flexibility index (Phi) is 5.27. The third-order valence-electron chi connectivity index (χ3n) is 3.39. The molecule has 1 aromatic carbocycles. The molecule has 3 nitrogen and oxygen atoms in total. The molecule has 0 saturated heterocycles. The van der Waals surface area contributed by atoms with Crippen LogP contribution in [0.5, 0.6) is 0 Å². The summed E-state index contributed by atoms with van der Waals surface area (Å²) >= 11 is 0. The Bertz CT molecular complexity index is 496. The molecule has 0 radical (unpaired) electrons. The van der Waals surface area contributed by atoms with E-state index < -0.39 is 0 Å². The smallest absolute Gasteiger partial charge is 0.0453 e. The fourth-order valence-electron chi connectivity index (χ4n) is 2.33. The van der Waals surface area contributed by atoms with Crippen LogP contribution in [0.1, 0.15) is 30.1 Å². The lowest BCUT2D eigenvalue weighted by Gasteiger charge is -2.26. The highest BCUT2D eigenvalue weighted by Gasteiger charge is 2.16. The summed E-state index contributed by atoms with van der Waals surface area (Å²) in [5, 5.41) is 3.70. The van der Waals surface area contributed by atoms with Crippen LogP contribution in [-0.4, -0.2) is 30.5 Å². The SMILES string of the molecule is CC(NC(CN(C)C)c1ccccc1)c1cccnc1. The molecule has 1 heterocycles. The lowest BCUT2D eigenvalue weighted by atomic mass is 10.0. The van der Waals surface area contributed by atoms with Crippen molar-refractivity contribution in [2.24, 2.45) is 0 Å². The van der Waals surface area contributed by atoms with Gasteiger partial charge in [-0.3, -0.25) is 4.98 Å². The molecule has 20 heavy (non-hydrogen) atoms. The van der Waals surface area contributed by atoms with Crippen molar-refractivity contribution in [2.75, 3.05) is 20.6 Å². The summed E-state index contributed by atoms with van der Waals surface area (Å²) in [6.45, 7) is 3.15. The molecule has 1 N–H and O–H groups in total. The standard InChI is InChI=1S/C17H23N3/c1-14(16-10-7-11-18-12-16)19-17(13-20(2)3)15-8-5-4-6-9-15/h4-12,14,17,19H,13H2,1-3H3. The Morgan fingerprint density at radius 3 is 2.35 bits per heavy atom. The number of nitrogens with zero attached hydrogens (tertiary/aromatic N) is 2. The van der Waals surface area contributed by atoms with Gasteiger partial charge in [0.2, 0.25) is 0 Å². The van der Waals surface area contributed by atoms with E-state index in [2.05, 4.69) is 72.6 Å². The zero-order valence-electron chi connectivity index (χ0n) is 12.5. The van der Waals surface area contributed by atoms with Crippen LogP contribution in [0, 0.1) is 0 Å². The molecule has 0 aliphatic heterocycles. The van der Waals surface area contributed by atoms with Crippen molar-refractivity contribution in [3.8, 4) is 0 Å². The van der Waals surface area contributed by atoms with Crippen LogP contribution in [0.25, 0.3) is 0 Å². The number of rotatable bonds is 6. The zero-order valence-corrected chi connectivity index (χ0v) is 12.5. The van der Waals surface area contributed by atoms with Gasteiger partial charge in [-0.1, -0.05) is 36.4 Å².